The lowest BCUT2D eigenvalue weighted by Gasteiger charge is -2.19. The first-order valence-corrected chi connectivity index (χ1v) is 12.6. The second kappa shape index (κ2) is 8.91. The highest BCUT2D eigenvalue weighted by Crippen LogP contribution is 2.27. The molecule has 6 nitrogen and oxygen atoms in total. The van der Waals surface area contributed by atoms with Crippen LogP contribution in [0.2, 0.25) is 0 Å². The minimum absolute atomic E-state index is 0.0658. The summed E-state index contributed by atoms with van der Waals surface area (Å²) >= 11 is 1.56. The quantitative estimate of drug-likeness (QED) is 0.705. The third kappa shape index (κ3) is 4.31. The van der Waals surface area contributed by atoms with Gasteiger partial charge in [-0.25, -0.2) is 8.42 Å². The van der Waals surface area contributed by atoms with Crippen LogP contribution in [-0.2, 0) is 10.0 Å². The van der Waals surface area contributed by atoms with Crippen LogP contribution in [0.1, 0.15) is 41.7 Å². The zero-order valence-electron chi connectivity index (χ0n) is 16.9. The Labute approximate surface area is 182 Å². The van der Waals surface area contributed by atoms with Crippen LogP contribution in [0.5, 0.6) is 0 Å². The van der Waals surface area contributed by atoms with E-state index in [4.69, 9.17) is 4.99 Å². The molecule has 0 radical (unpaired) electrons. The van der Waals surface area contributed by atoms with Crippen LogP contribution in [0.4, 0.5) is 0 Å². The Morgan fingerprint density at radius 3 is 2.50 bits per heavy atom. The van der Waals surface area contributed by atoms with Crippen LogP contribution in [0, 0.1) is 0 Å². The fourth-order valence-corrected chi connectivity index (χ4v) is 6.27. The summed E-state index contributed by atoms with van der Waals surface area (Å²) in [5.41, 5.74) is 1.46. The monoisotopic (exact) mass is 443 g/mol. The zero-order chi connectivity index (χ0) is 21.1. The number of amides is 1. The lowest BCUT2D eigenvalue weighted by atomic mass is 10.1. The number of thioether (sulfide) groups is 1. The van der Waals surface area contributed by atoms with Crippen molar-refractivity contribution in [1.82, 2.24) is 9.21 Å². The van der Waals surface area contributed by atoms with Gasteiger partial charge in [-0.3, -0.25) is 14.7 Å². The summed E-state index contributed by atoms with van der Waals surface area (Å²) in [4.78, 5) is 19.8. The molecule has 2 saturated heterocycles. The molecule has 2 aromatic carbocycles. The highest BCUT2D eigenvalue weighted by Gasteiger charge is 2.30. The normalized spacial score (nSPS) is 20.0. The van der Waals surface area contributed by atoms with E-state index in [0.717, 1.165) is 24.2 Å². The molecular weight excluding hydrogens is 418 g/mol. The lowest BCUT2D eigenvalue weighted by Crippen LogP contribution is -2.32. The summed E-state index contributed by atoms with van der Waals surface area (Å²) in [5.74, 6) is 0.565. The number of carbonyl (C=O) groups excluding carboxylic acids is 1. The maximum atomic E-state index is 13.2. The van der Waals surface area contributed by atoms with Gasteiger partial charge in [0.15, 0.2) is 5.17 Å². The molecule has 0 bridgehead atoms. The maximum Gasteiger partial charge on any atom is 0.259 e. The van der Waals surface area contributed by atoms with Crippen molar-refractivity contribution in [2.45, 2.75) is 30.7 Å². The van der Waals surface area contributed by atoms with Crippen LogP contribution in [0.25, 0.3) is 0 Å². The molecule has 1 atom stereocenters. The zero-order valence-corrected chi connectivity index (χ0v) is 18.5. The predicted molar refractivity (Wildman–Crippen MR) is 120 cm³/mol. The van der Waals surface area contributed by atoms with E-state index in [1.165, 1.54) is 10.4 Å². The van der Waals surface area contributed by atoms with E-state index in [9.17, 15) is 13.2 Å². The molecule has 2 aromatic rings. The van der Waals surface area contributed by atoms with Crippen LogP contribution in [-0.4, -0.2) is 54.1 Å². The first kappa shape index (κ1) is 21.1. The molecule has 1 unspecified atom stereocenters. The van der Waals surface area contributed by atoms with Crippen molar-refractivity contribution in [3.8, 4) is 0 Å². The fraction of sp³-hybridized carbons (Fsp3) is 0.364. The first-order valence-electron chi connectivity index (χ1n) is 10.1. The van der Waals surface area contributed by atoms with Crippen LogP contribution >= 0.6 is 11.8 Å². The Hall–Kier alpha value is -2.16. The van der Waals surface area contributed by atoms with E-state index >= 15 is 0 Å². The average Bonchev–Trinajstić information content (AvgIpc) is 3.47. The number of aliphatic imine (C=N–C) groups is 1. The number of hydrogen-bond donors (Lipinski definition) is 0. The first-order chi connectivity index (χ1) is 14.5. The molecular formula is C22H25N3O3S2. The number of amidine groups is 1. The molecule has 8 heteroatoms. The Morgan fingerprint density at radius 1 is 1.03 bits per heavy atom. The highest BCUT2D eigenvalue weighted by atomic mass is 32.2. The molecule has 0 spiro atoms. The van der Waals surface area contributed by atoms with Crippen LogP contribution in [0.15, 0.2) is 64.5 Å². The molecule has 0 aromatic heterocycles. The van der Waals surface area contributed by atoms with E-state index in [-0.39, 0.29) is 16.8 Å². The summed E-state index contributed by atoms with van der Waals surface area (Å²) in [5, 5.41) is 0.684. The Morgan fingerprint density at radius 2 is 1.77 bits per heavy atom. The van der Waals surface area contributed by atoms with Gasteiger partial charge in [0, 0.05) is 31.0 Å². The maximum absolute atomic E-state index is 13.2. The standard InChI is InChI=1S/C22H25N3O3S2/c1-17(18-8-3-2-4-9-18)23-22-25(14-15-29-22)21(26)19-10-7-11-20(16-19)30(27,28)24-12-5-6-13-24/h2-4,7-11,16-17H,5-6,12-15H2,1H3. The van der Waals surface area contributed by atoms with E-state index < -0.39 is 10.0 Å². The molecule has 2 aliphatic rings. The molecule has 1 amide bonds. The molecule has 0 aliphatic carbocycles. The van der Waals surface area contributed by atoms with E-state index in [1.807, 2.05) is 37.3 Å². The molecule has 4 rings (SSSR count). The second-order valence-electron chi connectivity index (χ2n) is 7.44. The minimum atomic E-state index is -3.56. The molecule has 2 fully saturated rings. The number of benzene rings is 2. The fourth-order valence-electron chi connectivity index (χ4n) is 3.69. The summed E-state index contributed by atoms with van der Waals surface area (Å²) in [6.07, 6.45) is 1.75. The summed E-state index contributed by atoms with van der Waals surface area (Å²) in [6.45, 7) is 3.65. The van der Waals surface area contributed by atoms with Crippen molar-refractivity contribution >= 4 is 32.9 Å². The minimum Gasteiger partial charge on any atom is -0.287 e. The van der Waals surface area contributed by atoms with Gasteiger partial charge in [-0.05, 0) is 43.5 Å². The Kier molecular flexibility index (Phi) is 6.26. The van der Waals surface area contributed by atoms with Crippen molar-refractivity contribution in [1.29, 1.82) is 0 Å². The van der Waals surface area contributed by atoms with E-state index in [2.05, 4.69) is 0 Å². The summed E-state index contributed by atoms with van der Waals surface area (Å²) in [7, 11) is -3.56. The van der Waals surface area contributed by atoms with Crippen molar-refractivity contribution in [3.05, 3.63) is 65.7 Å². The number of nitrogens with zero attached hydrogens (tertiary/aromatic N) is 3. The van der Waals surface area contributed by atoms with Gasteiger partial charge in [-0.2, -0.15) is 4.31 Å². The van der Waals surface area contributed by atoms with Gasteiger partial charge in [0.25, 0.3) is 5.91 Å². The smallest absolute Gasteiger partial charge is 0.259 e. The van der Waals surface area contributed by atoms with E-state index in [0.29, 0.717) is 30.4 Å². The largest absolute Gasteiger partial charge is 0.287 e. The van der Waals surface area contributed by atoms with Crippen molar-refractivity contribution in [2.24, 2.45) is 4.99 Å². The Bertz CT molecular complexity index is 1050. The van der Waals surface area contributed by atoms with Gasteiger partial charge < -0.3 is 0 Å². The third-order valence-electron chi connectivity index (χ3n) is 5.39. The van der Waals surface area contributed by atoms with Crippen molar-refractivity contribution in [3.63, 3.8) is 0 Å². The van der Waals surface area contributed by atoms with Gasteiger partial charge in [0.05, 0.1) is 10.9 Å². The molecule has 0 N–H and O–H groups in total. The average molecular weight is 444 g/mol. The lowest BCUT2D eigenvalue weighted by molar-refractivity contribution is 0.0859. The predicted octanol–water partition coefficient (Wildman–Crippen LogP) is 3.78. The second-order valence-corrected chi connectivity index (χ2v) is 10.4. The van der Waals surface area contributed by atoms with Gasteiger partial charge in [0.2, 0.25) is 10.0 Å². The number of hydrogen-bond acceptors (Lipinski definition) is 5. The van der Waals surface area contributed by atoms with E-state index in [1.54, 1.807) is 34.9 Å². The molecule has 158 valence electrons. The van der Waals surface area contributed by atoms with Crippen LogP contribution in [0.3, 0.4) is 0 Å². The molecule has 2 aliphatic heterocycles. The van der Waals surface area contributed by atoms with Gasteiger partial charge in [-0.1, -0.05) is 48.2 Å². The molecule has 30 heavy (non-hydrogen) atoms. The summed E-state index contributed by atoms with van der Waals surface area (Å²) in [6, 6.07) is 16.3. The highest BCUT2D eigenvalue weighted by molar-refractivity contribution is 8.14. The van der Waals surface area contributed by atoms with Gasteiger partial charge >= 0.3 is 0 Å². The molecule has 2 heterocycles. The SMILES string of the molecule is CC(N=C1SCCN1C(=O)c1cccc(S(=O)(=O)N2CCCC2)c1)c1ccccc1. The van der Waals surface area contributed by atoms with Gasteiger partial charge in [-0.15, -0.1) is 0 Å². The molecule has 0 saturated carbocycles. The number of sulfonamides is 1. The summed E-state index contributed by atoms with van der Waals surface area (Å²) < 4.78 is 27.2. The Balaban J connectivity index is 1.57. The number of rotatable bonds is 5. The van der Waals surface area contributed by atoms with Crippen molar-refractivity contribution in [2.75, 3.05) is 25.4 Å². The topological polar surface area (TPSA) is 70.0 Å². The number of carbonyl (C=O) groups is 1. The van der Waals surface area contributed by atoms with Gasteiger partial charge in [0.1, 0.15) is 0 Å². The van der Waals surface area contributed by atoms with Crippen LogP contribution < -0.4 is 0 Å². The third-order valence-corrected chi connectivity index (χ3v) is 8.26. The van der Waals surface area contributed by atoms with Crippen molar-refractivity contribution < 1.29 is 13.2 Å².